The molecule has 0 spiro atoms. The number of anilines is 1. The molecule has 110 heavy (non-hydrogen) atoms. The van der Waals surface area contributed by atoms with Crippen LogP contribution in [0.15, 0.2) is 41.4 Å². The number of hydrogen-bond acceptors (Lipinski definition) is 5. The first-order valence-electron chi connectivity index (χ1n) is 47.9. The van der Waals surface area contributed by atoms with Crippen molar-refractivity contribution < 1.29 is 49.1 Å². The summed E-state index contributed by atoms with van der Waals surface area (Å²) < 4.78 is 80.9. The maximum atomic E-state index is 11.3. The molecule has 0 fully saturated rings. The normalized spacial score (nSPS) is 13.1. The number of rotatable bonds is 82. The monoisotopic (exact) mass is 1580 g/mol. The van der Waals surface area contributed by atoms with E-state index in [0.29, 0.717) is 0 Å². The summed E-state index contributed by atoms with van der Waals surface area (Å²) in [5.74, 6) is 2.39. The van der Waals surface area contributed by atoms with Crippen LogP contribution in [0, 0.1) is 0 Å². The van der Waals surface area contributed by atoms with Crippen LogP contribution < -0.4 is 9.64 Å². The van der Waals surface area contributed by atoms with Crippen LogP contribution >= 0.6 is 7.81 Å². The van der Waals surface area contributed by atoms with Gasteiger partial charge in [0.25, 0.3) is 0 Å². The van der Waals surface area contributed by atoms with E-state index in [-0.39, 0.29) is 6.61 Å². The molecule has 0 saturated heterocycles. The van der Waals surface area contributed by atoms with E-state index in [1.165, 1.54) is 474 Å². The van der Waals surface area contributed by atoms with E-state index >= 15 is 0 Å². The zero-order valence-corrected chi connectivity index (χ0v) is 74.5. The third kappa shape index (κ3) is 68.5. The van der Waals surface area contributed by atoms with E-state index in [4.69, 9.17) is 14.2 Å². The predicted octanol–water partition coefficient (Wildman–Crippen LogP) is 35.5. The molecule has 1 aromatic rings. The summed E-state index contributed by atoms with van der Waals surface area (Å²) in [6.45, 7) is 13.4. The molecule has 0 aromatic heterocycles. The van der Waals surface area contributed by atoms with Crippen LogP contribution in [0.5, 0.6) is 5.75 Å². The number of hydrogen-bond donors (Lipinski definition) is 1. The van der Waals surface area contributed by atoms with Crippen LogP contribution in [-0.4, -0.2) is 62.9 Å². The summed E-state index contributed by atoms with van der Waals surface area (Å²) in [5, 5.41) is 11.3. The van der Waals surface area contributed by atoms with Gasteiger partial charge in [-0.3, -0.25) is 0 Å². The van der Waals surface area contributed by atoms with Crippen LogP contribution in [0.3, 0.4) is 0 Å². The second kappa shape index (κ2) is 72.7. The van der Waals surface area contributed by atoms with Crippen LogP contribution in [0.25, 0.3) is 6.08 Å². The predicted molar refractivity (Wildman–Crippen MR) is 473 cm³/mol. The zero-order valence-electron chi connectivity index (χ0n) is 73.6. The van der Waals surface area contributed by atoms with Gasteiger partial charge in [0.15, 0.2) is 0 Å². The van der Waals surface area contributed by atoms with Gasteiger partial charge in [-0.05, 0) is 43.4 Å². The molecule has 0 unspecified atom stereocenters. The second-order valence-electron chi connectivity index (χ2n) is 33.8. The fourth-order valence-corrected chi connectivity index (χ4v) is 16.3. The molecule has 2 rings (SSSR count). The number of ether oxygens (including phenoxy) is 3. The first-order chi connectivity index (χ1) is 53.5. The molecule has 1 aliphatic carbocycles. The Bertz CT molecular complexity index is 2200. The Kier molecular flexibility index (Phi) is 69.6. The van der Waals surface area contributed by atoms with Crippen LogP contribution in [0.1, 0.15) is 501 Å². The number of aliphatic hydroxyl groups is 1. The fraction of sp³-hybridized carbons (Fsp3) is 0.866. The van der Waals surface area contributed by atoms with Gasteiger partial charge < -0.3 is 24.2 Å². The van der Waals surface area contributed by atoms with Crippen molar-refractivity contribution in [2.75, 3.05) is 52.4 Å². The molecule has 1 N–H and O–H groups in total. The second-order valence-corrected chi connectivity index (χ2v) is 35.7. The Balaban J connectivity index is 0.00000820. The Morgan fingerprint density at radius 3 is 0.718 bits per heavy atom. The van der Waals surface area contributed by atoms with Gasteiger partial charge in [0.1, 0.15) is 30.4 Å². The average Bonchev–Trinajstić information content (AvgIpc) is 0.791. The molecule has 0 bridgehead atoms. The van der Waals surface area contributed by atoms with Crippen LogP contribution in [-0.2, 0) is 16.1 Å². The molecule has 0 atom stereocenters. The van der Waals surface area contributed by atoms with Crippen molar-refractivity contribution in [3.8, 4) is 5.75 Å². The quantitative estimate of drug-likeness (QED) is 0.0305. The Hall–Kier alpha value is -2.72. The molecular weight excluding hydrogens is 1400 g/mol. The molecule has 0 amide bonds. The third-order valence-electron chi connectivity index (χ3n) is 23.3. The van der Waals surface area contributed by atoms with E-state index < -0.39 is 7.81 Å². The molecule has 6 nitrogen and oxygen atoms in total. The zero-order chi connectivity index (χ0) is 80.3. The van der Waals surface area contributed by atoms with Gasteiger partial charge in [-0.25, -0.2) is 4.58 Å². The minimum absolute atomic E-state index is 0.0719. The van der Waals surface area contributed by atoms with Crippen LogP contribution in [0.2, 0.25) is 0 Å². The number of unbranched alkanes of at least 4 members (excludes halogenated alkanes) is 68. The van der Waals surface area contributed by atoms with Gasteiger partial charge in [-0.2, -0.15) is 0 Å². The Labute approximate surface area is 678 Å². The molecule has 0 aliphatic heterocycles. The molecule has 650 valence electrons. The van der Waals surface area contributed by atoms with E-state index in [2.05, 4.69) is 67.5 Å². The number of halogens is 6. The fourth-order valence-electron chi connectivity index (χ4n) is 16.3. The number of benzene rings is 1. The average molecular weight is 1580 g/mol. The Morgan fingerprint density at radius 2 is 0.518 bits per heavy atom. The summed E-state index contributed by atoms with van der Waals surface area (Å²) in [4.78, 5) is 2.62. The summed E-state index contributed by atoms with van der Waals surface area (Å²) in [7, 11) is -5.25. The number of allylic oxidation sites excluding steroid dienone is 2. The van der Waals surface area contributed by atoms with Crippen molar-refractivity contribution in [3.63, 3.8) is 0 Å². The topological polar surface area (TPSA) is 54.2 Å². The van der Waals surface area contributed by atoms with Crippen LogP contribution in [0.4, 0.5) is 30.9 Å². The van der Waals surface area contributed by atoms with Crippen molar-refractivity contribution in [3.05, 3.63) is 52.5 Å². The van der Waals surface area contributed by atoms with Gasteiger partial charge in [-0.15, -0.1) is 0 Å². The molecule has 0 heterocycles. The van der Waals surface area contributed by atoms with E-state index in [9.17, 15) is 30.3 Å². The number of nitrogens with zero attached hydrogens (tertiary/aromatic N) is 2. The standard InChI is InChI=1S/C97H181N2O4.F6P/c1-8-12-16-20-24-28-32-36-40-44-48-52-56-60-64-68-72-76-80-98(81-77-73-69-65-61-57-53-49-45-41-37-33-29-25-21-17-13-9-2)91-84-90(89-100)93(95(85-91)101-5)88-94-96(102-6)86-92(87-97(94)103-7)99(82-78-74-70-66-62-58-54-50-46-42-38-34-30-26-22-18-14-10-3)83-79-75-71-67-63-59-55-51-47-43-39-35-31-27-23-19-15-11-4;1-7(2,3,4,5)6/h84-88,100H,8-83,89H2,1-7H3;/q+1;-1. The van der Waals surface area contributed by atoms with Gasteiger partial charge in [-0.1, -0.05) is 451 Å². The van der Waals surface area contributed by atoms with Gasteiger partial charge in [0.2, 0.25) is 5.71 Å². The number of methoxy groups -OCH3 is 3. The maximum absolute atomic E-state index is 11.3. The first-order valence-corrected chi connectivity index (χ1v) is 50.0. The molecule has 13 heteroatoms. The summed E-state index contributed by atoms with van der Waals surface area (Å²) in [5.41, 5.74) is 5.03. The molecule has 0 radical (unpaired) electrons. The number of aliphatic hydroxyl groups excluding tert-OH is 1. The molecule has 1 aromatic carbocycles. The molecule has 0 saturated carbocycles. The van der Waals surface area contributed by atoms with Gasteiger partial charge in [0, 0.05) is 43.2 Å². The van der Waals surface area contributed by atoms with E-state index in [1.54, 1.807) is 21.3 Å². The van der Waals surface area contributed by atoms with Crippen molar-refractivity contribution in [2.24, 2.45) is 0 Å². The third-order valence-corrected chi connectivity index (χ3v) is 23.3. The SMILES string of the molecule is CCCCCCCCCCCCCCCCCCCCN(CCCCCCCCCCCCCCCCCCCC)c1cc(CO)c(C=C2C(OC)=CC(=[N+](CCCCCCCCCCCCCCCCCCCC)CCCCCCCCCCCCCCCCCCCC)C=C2OC)c(OC)c1.F[P-](F)(F)(F)(F)F. The van der Waals surface area contributed by atoms with Crippen molar-refractivity contribution >= 4 is 25.3 Å². The molecular formula is C97H181F6N2O4P. The van der Waals surface area contributed by atoms with Gasteiger partial charge >= 0.3 is 33.0 Å². The first kappa shape index (κ1) is 105. The Morgan fingerprint density at radius 1 is 0.309 bits per heavy atom. The van der Waals surface area contributed by atoms with Crippen molar-refractivity contribution in [1.29, 1.82) is 0 Å². The summed E-state index contributed by atoms with van der Waals surface area (Å²) >= 11 is 0. The van der Waals surface area contributed by atoms with Crippen molar-refractivity contribution in [2.45, 2.75) is 497 Å². The molecule has 1 aliphatic rings. The van der Waals surface area contributed by atoms with Crippen molar-refractivity contribution in [1.82, 2.24) is 0 Å². The minimum atomic E-state index is -10.7. The summed E-state index contributed by atoms with van der Waals surface area (Å²) in [6, 6.07) is 4.51. The van der Waals surface area contributed by atoms with Gasteiger partial charge in [0.05, 0.1) is 45.7 Å². The van der Waals surface area contributed by atoms with E-state index in [0.717, 1.165) is 60.1 Å². The summed E-state index contributed by atoms with van der Waals surface area (Å²) in [6.07, 6.45) is 107. The van der Waals surface area contributed by atoms with E-state index in [1.807, 2.05) is 0 Å².